The minimum absolute atomic E-state index is 0.00664. The molecule has 1 aliphatic rings. The topological polar surface area (TPSA) is 67.3 Å². The molecule has 0 spiro atoms. The molecule has 0 amide bonds. The van der Waals surface area contributed by atoms with Crippen LogP contribution in [0.4, 0.5) is 0 Å². The molecule has 0 atom stereocenters. The second-order valence-electron chi connectivity index (χ2n) is 4.59. The van der Waals surface area contributed by atoms with Crippen molar-refractivity contribution in [2.45, 2.75) is 18.8 Å². The van der Waals surface area contributed by atoms with Gasteiger partial charge < -0.3 is 5.11 Å². The summed E-state index contributed by atoms with van der Waals surface area (Å²) in [5.74, 6) is 0.305. The van der Waals surface area contributed by atoms with Crippen LogP contribution in [0.25, 0.3) is 10.6 Å². The Morgan fingerprint density at radius 1 is 1.37 bits per heavy atom. The van der Waals surface area contributed by atoms with Gasteiger partial charge in [-0.3, -0.25) is 0 Å². The summed E-state index contributed by atoms with van der Waals surface area (Å²) in [6.45, 7) is -0.00664. The fourth-order valence-electron chi connectivity index (χ4n) is 2.14. The van der Waals surface area contributed by atoms with Crippen molar-refractivity contribution in [3.63, 3.8) is 0 Å². The van der Waals surface area contributed by atoms with Crippen LogP contribution in [0.1, 0.15) is 16.1 Å². The first-order valence-electron chi connectivity index (χ1n) is 5.96. The Bertz CT molecular complexity index is 719. The largest absolute Gasteiger partial charge is 0.392 e. The van der Waals surface area contributed by atoms with Gasteiger partial charge in [-0.05, 0) is 11.6 Å². The van der Waals surface area contributed by atoms with Crippen LogP contribution in [0, 0.1) is 0 Å². The molecule has 1 N–H and O–H groups in total. The van der Waals surface area contributed by atoms with E-state index in [1.54, 1.807) is 0 Å². The molecule has 0 saturated heterocycles. The van der Waals surface area contributed by atoms with Gasteiger partial charge in [0.1, 0.15) is 5.01 Å². The van der Waals surface area contributed by atoms with Crippen molar-refractivity contribution in [2.24, 2.45) is 0 Å². The van der Waals surface area contributed by atoms with Crippen LogP contribution in [-0.2, 0) is 28.6 Å². The first-order valence-corrected chi connectivity index (χ1v) is 8.60. The second-order valence-corrected chi connectivity index (χ2v) is 7.86. The molecule has 2 aromatic rings. The van der Waals surface area contributed by atoms with Crippen molar-refractivity contribution in [3.8, 4) is 10.6 Å². The quantitative estimate of drug-likeness (QED) is 0.917. The summed E-state index contributed by atoms with van der Waals surface area (Å²) in [6.07, 6.45) is 0.508. The smallest absolute Gasteiger partial charge is 0.155 e. The normalized spacial score (nSPS) is 17.1. The standard InChI is InChI=1S/C13H13NO3S2/c15-7-9-2-1-3-10(6-9)13-14-11-4-5-19(16,17)8-12(11)18-13/h1-3,6,15H,4-5,7-8H2. The highest BCUT2D eigenvalue weighted by Crippen LogP contribution is 2.32. The lowest BCUT2D eigenvalue weighted by Crippen LogP contribution is -2.17. The lowest BCUT2D eigenvalue weighted by Gasteiger charge is -2.09. The molecule has 0 aliphatic carbocycles. The van der Waals surface area contributed by atoms with E-state index in [9.17, 15) is 8.42 Å². The van der Waals surface area contributed by atoms with E-state index in [1.807, 2.05) is 24.3 Å². The van der Waals surface area contributed by atoms with Crippen molar-refractivity contribution < 1.29 is 13.5 Å². The molecule has 3 rings (SSSR count). The van der Waals surface area contributed by atoms with E-state index in [0.29, 0.717) is 6.42 Å². The number of sulfone groups is 1. The highest BCUT2D eigenvalue weighted by Gasteiger charge is 2.25. The van der Waals surface area contributed by atoms with Crippen molar-refractivity contribution in [1.82, 2.24) is 4.98 Å². The maximum absolute atomic E-state index is 11.6. The maximum Gasteiger partial charge on any atom is 0.155 e. The van der Waals surface area contributed by atoms with E-state index in [2.05, 4.69) is 4.98 Å². The third-order valence-corrected chi connectivity index (χ3v) is 6.02. The zero-order chi connectivity index (χ0) is 13.5. The molecule has 0 saturated carbocycles. The Kier molecular flexibility index (Phi) is 3.16. The van der Waals surface area contributed by atoms with Gasteiger partial charge in [0, 0.05) is 16.9 Å². The molecule has 1 aromatic carbocycles. The van der Waals surface area contributed by atoms with E-state index in [-0.39, 0.29) is 18.1 Å². The maximum atomic E-state index is 11.6. The summed E-state index contributed by atoms with van der Waals surface area (Å²) in [6, 6.07) is 7.54. The summed E-state index contributed by atoms with van der Waals surface area (Å²) >= 11 is 1.44. The SMILES string of the molecule is O=S1(=O)CCc2nc(-c3cccc(CO)c3)sc2C1. The predicted molar refractivity (Wildman–Crippen MR) is 74.7 cm³/mol. The van der Waals surface area contributed by atoms with Crippen LogP contribution in [0.2, 0.25) is 0 Å². The monoisotopic (exact) mass is 295 g/mol. The zero-order valence-corrected chi connectivity index (χ0v) is 11.8. The van der Waals surface area contributed by atoms with E-state index in [0.717, 1.165) is 26.7 Å². The second kappa shape index (κ2) is 4.70. The van der Waals surface area contributed by atoms with Gasteiger partial charge in [-0.1, -0.05) is 18.2 Å². The molecule has 1 aliphatic heterocycles. The molecule has 0 fully saturated rings. The van der Waals surface area contributed by atoms with Gasteiger partial charge in [-0.25, -0.2) is 13.4 Å². The molecule has 0 unspecified atom stereocenters. The van der Waals surface area contributed by atoms with Crippen LogP contribution in [-0.4, -0.2) is 24.3 Å². The Balaban J connectivity index is 2.01. The number of hydrogen-bond donors (Lipinski definition) is 1. The number of aryl methyl sites for hydroxylation is 1. The summed E-state index contributed by atoms with van der Waals surface area (Å²) in [5.41, 5.74) is 2.67. The van der Waals surface area contributed by atoms with Crippen LogP contribution >= 0.6 is 11.3 Å². The number of aliphatic hydroxyl groups is 1. The van der Waals surface area contributed by atoms with E-state index in [4.69, 9.17) is 5.11 Å². The first kappa shape index (κ1) is 12.8. The van der Waals surface area contributed by atoms with Crippen LogP contribution < -0.4 is 0 Å². The number of fused-ring (bicyclic) bond motifs is 1. The van der Waals surface area contributed by atoms with E-state index >= 15 is 0 Å². The Labute approximate surface area is 115 Å². The molecular formula is C13H13NO3S2. The summed E-state index contributed by atoms with van der Waals surface area (Å²) in [4.78, 5) is 5.39. The van der Waals surface area contributed by atoms with Crippen molar-refractivity contribution >= 4 is 21.2 Å². The van der Waals surface area contributed by atoms with E-state index in [1.165, 1.54) is 11.3 Å². The lowest BCUT2D eigenvalue weighted by atomic mass is 10.1. The number of benzene rings is 1. The first-order chi connectivity index (χ1) is 9.07. The Morgan fingerprint density at radius 2 is 2.21 bits per heavy atom. The van der Waals surface area contributed by atoms with Crippen LogP contribution in [0.3, 0.4) is 0 Å². The number of nitrogens with zero attached hydrogens (tertiary/aromatic N) is 1. The van der Waals surface area contributed by atoms with Gasteiger partial charge in [0.05, 0.1) is 23.8 Å². The van der Waals surface area contributed by atoms with Crippen LogP contribution in [0.5, 0.6) is 0 Å². The van der Waals surface area contributed by atoms with Gasteiger partial charge in [-0.15, -0.1) is 11.3 Å². The molecule has 2 heterocycles. The molecule has 100 valence electrons. The summed E-state index contributed by atoms with van der Waals surface area (Å²) in [7, 11) is -2.95. The molecular weight excluding hydrogens is 282 g/mol. The third kappa shape index (κ3) is 2.56. The third-order valence-electron chi connectivity index (χ3n) is 3.14. The number of aliphatic hydroxyl groups excluding tert-OH is 1. The number of thiazole rings is 1. The molecule has 0 bridgehead atoms. The zero-order valence-electron chi connectivity index (χ0n) is 10.2. The fourth-order valence-corrected chi connectivity index (χ4v) is 5.03. The summed E-state index contributed by atoms with van der Waals surface area (Å²) in [5, 5.41) is 9.97. The molecule has 4 nitrogen and oxygen atoms in total. The highest BCUT2D eigenvalue weighted by molar-refractivity contribution is 7.90. The average molecular weight is 295 g/mol. The average Bonchev–Trinajstić information content (AvgIpc) is 2.80. The van der Waals surface area contributed by atoms with Gasteiger partial charge in [0.15, 0.2) is 9.84 Å². The Hall–Kier alpha value is -1.24. The minimum Gasteiger partial charge on any atom is -0.392 e. The molecule has 0 radical (unpaired) electrons. The van der Waals surface area contributed by atoms with Gasteiger partial charge >= 0.3 is 0 Å². The van der Waals surface area contributed by atoms with Crippen LogP contribution in [0.15, 0.2) is 24.3 Å². The lowest BCUT2D eigenvalue weighted by molar-refractivity contribution is 0.282. The predicted octanol–water partition coefficient (Wildman–Crippen LogP) is 1.77. The fraction of sp³-hybridized carbons (Fsp3) is 0.308. The molecule has 1 aromatic heterocycles. The number of rotatable bonds is 2. The van der Waals surface area contributed by atoms with Crippen molar-refractivity contribution in [3.05, 3.63) is 40.4 Å². The number of hydrogen-bond acceptors (Lipinski definition) is 5. The van der Waals surface area contributed by atoms with Gasteiger partial charge in [0.25, 0.3) is 0 Å². The number of aromatic nitrogens is 1. The summed E-state index contributed by atoms with van der Waals surface area (Å²) < 4.78 is 23.2. The van der Waals surface area contributed by atoms with Crippen molar-refractivity contribution in [1.29, 1.82) is 0 Å². The van der Waals surface area contributed by atoms with Gasteiger partial charge in [-0.2, -0.15) is 0 Å². The molecule has 6 heteroatoms. The molecule has 19 heavy (non-hydrogen) atoms. The van der Waals surface area contributed by atoms with E-state index < -0.39 is 9.84 Å². The Morgan fingerprint density at radius 3 is 3.00 bits per heavy atom. The van der Waals surface area contributed by atoms with Gasteiger partial charge in [0.2, 0.25) is 0 Å². The van der Waals surface area contributed by atoms with Crippen molar-refractivity contribution in [2.75, 3.05) is 5.75 Å². The highest BCUT2D eigenvalue weighted by atomic mass is 32.2. The minimum atomic E-state index is -2.95.